The molecule has 0 unspecified atom stereocenters. The normalized spacial score (nSPS) is 12.9. The van der Waals surface area contributed by atoms with E-state index in [9.17, 15) is 14.4 Å². The number of imide groups is 1. The third-order valence-electron chi connectivity index (χ3n) is 5.76. The number of anilines is 1. The molecule has 6 heteroatoms. The fourth-order valence-electron chi connectivity index (χ4n) is 3.83. The molecular formula is C27H27N3O3. The maximum absolute atomic E-state index is 12.9. The minimum Gasteiger partial charge on any atom is -0.322 e. The second kappa shape index (κ2) is 9.79. The van der Waals surface area contributed by atoms with Gasteiger partial charge in [0, 0.05) is 24.3 Å². The van der Waals surface area contributed by atoms with Crippen LogP contribution in [-0.4, -0.2) is 54.7 Å². The van der Waals surface area contributed by atoms with Crippen molar-refractivity contribution in [2.24, 2.45) is 0 Å². The third kappa shape index (κ3) is 5.18. The Bertz CT molecular complexity index is 1170. The Kier molecular flexibility index (Phi) is 6.66. The Morgan fingerprint density at radius 3 is 2.18 bits per heavy atom. The molecule has 0 radical (unpaired) electrons. The molecule has 33 heavy (non-hydrogen) atoms. The van der Waals surface area contributed by atoms with E-state index in [0.29, 0.717) is 29.8 Å². The molecule has 0 aromatic heterocycles. The minimum atomic E-state index is -0.356. The van der Waals surface area contributed by atoms with E-state index < -0.39 is 0 Å². The van der Waals surface area contributed by atoms with Crippen LogP contribution in [0.25, 0.3) is 0 Å². The van der Waals surface area contributed by atoms with Crippen LogP contribution >= 0.6 is 0 Å². The molecule has 6 nitrogen and oxygen atoms in total. The molecule has 168 valence electrons. The van der Waals surface area contributed by atoms with Gasteiger partial charge in [-0.05, 0) is 68.4 Å². The monoisotopic (exact) mass is 441 g/mol. The summed E-state index contributed by atoms with van der Waals surface area (Å²) in [4.78, 5) is 41.8. The van der Waals surface area contributed by atoms with Crippen LogP contribution in [0.15, 0.2) is 72.8 Å². The molecule has 0 saturated heterocycles. The highest BCUT2D eigenvalue weighted by atomic mass is 16.2. The number of nitrogens with zero attached hydrogens (tertiary/aromatic N) is 2. The van der Waals surface area contributed by atoms with Gasteiger partial charge in [0.25, 0.3) is 17.7 Å². The quantitative estimate of drug-likeness (QED) is 0.539. The molecule has 3 amide bonds. The molecule has 3 aromatic carbocycles. The predicted molar refractivity (Wildman–Crippen MR) is 129 cm³/mol. The molecular weight excluding hydrogens is 414 g/mol. The van der Waals surface area contributed by atoms with Gasteiger partial charge in [0.1, 0.15) is 0 Å². The van der Waals surface area contributed by atoms with Crippen molar-refractivity contribution in [1.29, 1.82) is 0 Å². The Morgan fingerprint density at radius 1 is 0.818 bits per heavy atom. The predicted octanol–water partition coefficient (Wildman–Crippen LogP) is 3.88. The molecule has 1 aliphatic rings. The maximum atomic E-state index is 12.9. The van der Waals surface area contributed by atoms with Gasteiger partial charge in [-0.15, -0.1) is 0 Å². The third-order valence-corrected chi connectivity index (χ3v) is 5.76. The number of hydrogen-bond donors (Lipinski definition) is 1. The van der Waals surface area contributed by atoms with Gasteiger partial charge in [0.15, 0.2) is 0 Å². The van der Waals surface area contributed by atoms with Crippen molar-refractivity contribution < 1.29 is 14.4 Å². The van der Waals surface area contributed by atoms with Gasteiger partial charge in [-0.2, -0.15) is 0 Å². The molecule has 0 aliphatic carbocycles. The zero-order chi connectivity index (χ0) is 23.4. The van der Waals surface area contributed by atoms with Crippen LogP contribution in [0.3, 0.4) is 0 Å². The lowest BCUT2D eigenvalue weighted by atomic mass is 10.1. The van der Waals surface area contributed by atoms with E-state index in [2.05, 4.69) is 10.2 Å². The minimum absolute atomic E-state index is 0.278. The highest BCUT2D eigenvalue weighted by Crippen LogP contribution is 2.25. The zero-order valence-corrected chi connectivity index (χ0v) is 18.9. The highest BCUT2D eigenvalue weighted by Gasteiger charge is 2.35. The fraction of sp³-hybridized carbons (Fsp3) is 0.222. The lowest BCUT2D eigenvalue weighted by Crippen LogP contribution is -2.31. The average molecular weight is 442 g/mol. The van der Waals surface area contributed by atoms with Crippen molar-refractivity contribution in [3.8, 4) is 0 Å². The number of nitrogens with one attached hydrogen (secondary N) is 1. The number of hydrogen-bond acceptors (Lipinski definition) is 4. The summed E-state index contributed by atoms with van der Waals surface area (Å²) in [6.45, 7) is 1.26. The second-order valence-electron chi connectivity index (χ2n) is 8.46. The molecule has 1 heterocycles. The van der Waals surface area contributed by atoms with Crippen molar-refractivity contribution in [2.45, 2.75) is 12.8 Å². The number of rotatable bonds is 8. The zero-order valence-electron chi connectivity index (χ0n) is 18.9. The first kappa shape index (κ1) is 22.4. The number of likely N-dealkylation sites (N-methyl/N-ethyl adjacent to an activating group) is 1. The van der Waals surface area contributed by atoms with E-state index in [1.165, 1.54) is 16.5 Å². The van der Waals surface area contributed by atoms with Crippen LogP contribution < -0.4 is 5.32 Å². The van der Waals surface area contributed by atoms with Gasteiger partial charge in [0.2, 0.25) is 0 Å². The van der Waals surface area contributed by atoms with Gasteiger partial charge in [-0.1, -0.05) is 42.5 Å². The molecule has 1 aliphatic heterocycles. The van der Waals surface area contributed by atoms with Crippen LogP contribution in [0.5, 0.6) is 0 Å². The number of carbonyl (C=O) groups is 3. The van der Waals surface area contributed by atoms with Gasteiger partial charge < -0.3 is 10.2 Å². The van der Waals surface area contributed by atoms with Gasteiger partial charge in [-0.25, -0.2) is 0 Å². The topological polar surface area (TPSA) is 69.7 Å². The van der Waals surface area contributed by atoms with Crippen molar-refractivity contribution in [3.05, 3.63) is 101 Å². The van der Waals surface area contributed by atoms with E-state index in [4.69, 9.17) is 0 Å². The Balaban J connectivity index is 1.42. The van der Waals surface area contributed by atoms with Gasteiger partial charge in [-0.3, -0.25) is 19.3 Å². The summed E-state index contributed by atoms with van der Waals surface area (Å²) in [6.07, 6.45) is 1.52. The Morgan fingerprint density at radius 2 is 1.48 bits per heavy atom. The molecule has 0 bridgehead atoms. The van der Waals surface area contributed by atoms with Gasteiger partial charge >= 0.3 is 0 Å². The van der Waals surface area contributed by atoms with E-state index in [1.807, 2.05) is 68.7 Å². The van der Waals surface area contributed by atoms with E-state index >= 15 is 0 Å². The molecule has 0 fully saturated rings. The fourth-order valence-corrected chi connectivity index (χ4v) is 3.83. The lowest BCUT2D eigenvalue weighted by Gasteiger charge is -2.13. The molecule has 4 rings (SSSR count). The summed E-state index contributed by atoms with van der Waals surface area (Å²) < 4.78 is 0. The largest absolute Gasteiger partial charge is 0.322 e. The summed E-state index contributed by atoms with van der Waals surface area (Å²) in [5.74, 6) is -0.987. The molecule has 0 saturated carbocycles. The summed E-state index contributed by atoms with van der Waals surface area (Å²) in [7, 11) is 4.07. The first-order valence-corrected chi connectivity index (χ1v) is 11.0. The first-order valence-electron chi connectivity index (χ1n) is 11.0. The average Bonchev–Trinajstić information content (AvgIpc) is 3.06. The summed E-state index contributed by atoms with van der Waals surface area (Å²) >= 11 is 0. The maximum Gasteiger partial charge on any atom is 0.261 e. The van der Waals surface area contributed by atoms with Crippen LogP contribution in [0, 0.1) is 0 Å². The number of fused-ring (bicyclic) bond motifs is 1. The van der Waals surface area contributed by atoms with E-state index in [0.717, 1.165) is 18.5 Å². The van der Waals surface area contributed by atoms with Crippen LogP contribution in [0.2, 0.25) is 0 Å². The standard InChI is InChI=1S/C27H27N3O3/c1-29(2)16-14-20-8-11-22(12-9-20)28-25(31)21-10-13-23-24(18-21)27(33)30(26(23)32)17-15-19-6-4-3-5-7-19/h3-13,18H,14-17H2,1-2H3,(H,28,31). The molecule has 0 atom stereocenters. The van der Waals surface area contributed by atoms with Crippen molar-refractivity contribution in [1.82, 2.24) is 9.80 Å². The Labute approximate surface area is 193 Å². The lowest BCUT2D eigenvalue weighted by molar-refractivity contribution is 0.0656. The number of carbonyl (C=O) groups excluding carboxylic acids is 3. The number of amides is 3. The molecule has 3 aromatic rings. The first-order chi connectivity index (χ1) is 15.9. The summed E-state index contributed by atoms with van der Waals surface area (Å²) in [6, 6.07) is 22.1. The summed E-state index contributed by atoms with van der Waals surface area (Å²) in [5.41, 5.74) is 3.90. The van der Waals surface area contributed by atoms with Crippen molar-refractivity contribution in [3.63, 3.8) is 0 Å². The molecule has 0 spiro atoms. The SMILES string of the molecule is CN(C)CCc1ccc(NC(=O)c2ccc3c(c2)C(=O)N(CCc2ccccc2)C3=O)cc1. The van der Waals surface area contributed by atoms with Crippen LogP contribution in [0.4, 0.5) is 5.69 Å². The highest BCUT2D eigenvalue weighted by molar-refractivity contribution is 6.22. The second-order valence-corrected chi connectivity index (χ2v) is 8.46. The Hall–Kier alpha value is -3.77. The number of benzene rings is 3. The van der Waals surface area contributed by atoms with Crippen LogP contribution in [0.1, 0.15) is 42.2 Å². The van der Waals surface area contributed by atoms with Crippen LogP contribution in [-0.2, 0) is 12.8 Å². The van der Waals surface area contributed by atoms with Crippen molar-refractivity contribution >= 4 is 23.4 Å². The van der Waals surface area contributed by atoms with Gasteiger partial charge in [0.05, 0.1) is 11.1 Å². The van der Waals surface area contributed by atoms with E-state index in [1.54, 1.807) is 12.1 Å². The summed E-state index contributed by atoms with van der Waals surface area (Å²) in [5, 5.41) is 2.87. The van der Waals surface area contributed by atoms with Crippen molar-refractivity contribution in [2.75, 3.05) is 32.5 Å². The van der Waals surface area contributed by atoms with E-state index in [-0.39, 0.29) is 23.3 Å². The molecule has 1 N–H and O–H groups in total. The smallest absolute Gasteiger partial charge is 0.261 e.